The number of benzene rings is 1. The van der Waals surface area contributed by atoms with E-state index in [2.05, 4.69) is 25.0 Å². The minimum Gasteiger partial charge on any atom is -0.388 e. The first-order valence-electron chi connectivity index (χ1n) is 10.2. The van der Waals surface area contributed by atoms with Crippen molar-refractivity contribution in [3.8, 4) is 0 Å². The van der Waals surface area contributed by atoms with Gasteiger partial charge in [0.25, 0.3) is 10.1 Å². The van der Waals surface area contributed by atoms with Crippen LogP contribution in [0.3, 0.4) is 0 Å². The van der Waals surface area contributed by atoms with E-state index in [1.54, 1.807) is 12.1 Å². The van der Waals surface area contributed by atoms with E-state index in [1.165, 1.54) is 19.1 Å². The smallest absolute Gasteiger partial charge is 0.297 e. The molecule has 1 fully saturated rings. The summed E-state index contributed by atoms with van der Waals surface area (Å²) in [7, 11) is -5.49. The van der Waals surface area contributed by atoms with Crippen LogP contribution in [0.15, 0.2) is 29.2 Å². The van der Waals surface area contributed by atoms with E-state index in [4.69, 9.17) is 13.7 Å². The molecule has 0 spiro atoms. The Kier molecular flexibility index (Phi) is 8.79. The lowest BCUT2D eigenvalue weighted by Gasteiger charge is -2.42. The third-order valence-corrected chi connectivity index (χ3v) is 7.90. The van der Waals surface area contributed by atoms with Crippen molar-refractivity contribution in [2.75, 3.05) is 13.2 Å². The van der Waals surface area contributed by atoms with Crippen molar-refractivity contribution in [3.63, 3.8) is 0 Å². The predicted octanol–water partition coefficient (Wildman–Crippen LogP) is 1.01. The highest BCUT2D eigenvalue weighted by Gasteiger charge is 2.46. The SMILES string of the molecule is CC(=O)N[C@H]1[C@H](OCC[Si](C)(C)C)O[C@H](COS(=O)(=O)c2ccc(C)cc2)[C@@H](O)[C@@H]1O. The molecule has 9 nitrogen and oxygen atoms in total. The summed E-state index contributed by atoms with van der Waals surface area (Å²) in [6.07, 6.45) is -5.14. The Morgan fingerprint density at radius 1 is 1.16 bits per heavy atom. The van der Waals surface area contributed by atoms with Gasteiger partial charge >= 0.3 is 0 Å². The van der Waals surface area contributed by atoms with Crippen LogP contribution in [-0.4, -0.2) is 76.5 Å². The molecule has 0 radical (unpaired) electrons. The maximum Gasteiger partial charge on any atom is 0.297 e. The molecule has 0 bridgehead atoms. The van der Waals surface area contributed by atoms with Crippen LogP contribution in [0.5, 0.6) is 0 Å². The van der Waals surface area contributed by atoms with Gasteiger partial charge in [-0.3, -0.25) is 8.98 Å². The molecular formula is C20H33NO8SSi. The van der Waals surface area contributed by atoms with Gasteiger partial charge in [0.05, 0.1) is 11.5 Å². The number of aliphatic hydroxyl groups excluding tert-OH is 2. The topological polar surface area (TPSA) is 131 Å². The molecule has 2 rings (SSSR count). The molecule has 1 heterocycles. The van der Waals surface area contributed by atoms with Gasteiger partial charge in [-0.25, -0.2) is 0 Å². The molecule has 3 N–H and O–H groups in total. The molecule has 31 heavy (non-hydrogen) atoms. The minimum absolute atomic E-state index is 0.0250. The van der Waals surface area contributed by atoms with Gasteiger partial charge in [0.2, 0.25) is 5.91 Å². The first-order chi connectivity index (χ1) is 14.3. The molecule has 1 aliphatic rings. The molecule has 1 saturated heterocycles. The number of nitrogens with one attached hydrogen (secondary N) is 1. The Morgan fingerprint density at radius 2 is 1.77 bits per heavy atom. The molecule has 1 aromatic rings. The second-order valence-corrected chi connectivity index (χ2v) is 16.2. The van der Waals surface area contributed by atoms with Gasteiger partial charge in [-0.05, 0) is 25.1 Å². The van der Waals surface area contributed by atoms with Crippen LogP contribution in [0.2, 0.25) is 25.7 Å². The van der Waals surface area contributed by atoms with E-state index in [0.717, 1.165) is 11.6 Å². The van der Waals surface area contributed by atoms with Crippen LogP contribution < -0.4 is 5.32 Å². The lowest BCUT2D eigenvalue weighted by molar-refractivity contribution is -0.267. The molecule has 0 aromatic heterocycles. The summed E-state index contributed by atoms with van der Waals surface area (Å²) in [6, 6.07) is 5.96. The van der Waals surface area contributed by atoms with E-state index in [0.29, 0.717) is 6.61 Å². The molecule has 5 atom stereocenters. The number of aliphatic hydroxyl groups is 2. The molecule has 1 aliphatic heterocycles. The molecule has 0 unspecified atom stereocenters. The van der Waals surface area contributed by atoms with Gasteiger partial charge in [-0.2, -0.15) is 8.42 Å². The summed E-state index contributed by atoms with van der Waals surface area (Å²) in [5.41, 5.74) is 0.899. The average Bonchev–Trinajstić information content (AvgIpc) is 2.65. The second-order valence-electron chi connectivity index (χ2n) is 8.98. The fraction of sp³-hybridized carbons (Fsp3) is 0.650. The Bertz CT molecular complexity index is 840. The third-order valence-electron chi connectivity index (χ3n) is 4.90. The highest BCUT2D eigenvalue weighted by Crippen LogP contribution is 2.25. The first kappa shape index (κ1) is 25.9. The Morgan fingerprint density at radius 3 is 2.32 bits per heavy atom. The van der Waals surface area contributed by atoms with Crippen molar-refractivity contribution in [3.05, 3.63) is 29.8 Å². The van der Waals surface area contributed by atoms with E-state index in [1.807, 2.05) is 6.92 Å². The summed E-state index contributed by atoms with van der Waals surface area (Å²) in [4.78, 5) is 11.5. The molecule has 176 valence electrons. The predicted molar refractivity (Wildman–Crippen MR) is 117 cm³/mol. The first-order valence-corrected chi connectivity index (χ1v) is 15.3. The van der Waals surface area contributed by atoms with Crippen LogP contribution in [0.4, 0.5) is 0 Å². The van der Waals surface area contributed by atoms with Gasteiger partial charge in [0.15, 0.2) is 6.29 Å². The number of hydrogen-bond acceptors (Lipinski definition) is 8. The highest BCUT2D eigenvalue weighted by atomic mass is 32.2. The quantitative estimate of drug-likeness (QED) is 0.356. The van der Waals surface area contributed by atoms with Crippen LogP contribution in [-0.2, 0) is 28.6 Å². The maximum absolute atomic E-state index is 12.4. The van der Waals surface area contributed by atoms with Crippen LogP contribution in [0, 0.1) is 6.92 Å². The zero-order valence-corrected chi connectivity index (χ0v) is 20.4. The molecule has 0 saturated carbocycles. The van der Waals surface area contributed by atoms with E-state index < -0.39 is 61.3 Å². The monoisotopic (exact) mass is 475 g/mol. The standard InChI is InChI=1S/C20H33NO8SSi/c1-13-6-8-15(9-7-13)30(25,26)28-12-16-18(23)19(24)17(21-14(2)22)20(29-16)27-10-11-31(3,4)5/h6-9,16-20,23-24H,10-12H2,1-5H3,(H,21,22)/t16-,17-,18-,19-,20-/m1/s1. The van der Waals surface area contributed by atoms with Crippen LogP contribution >= 0.6 is 0 Å². The fourth-order valence-electron chi connectivity index (χ4n) is 3.01. The lowest BCUT2D eigenvalue weighted by Crippen LogP contribution is -2.64. The summed E-state index contributed by atoms with van der Waals surface area (Å²) in [5, 5.41) is 23.5. The summed E-state index contributed by atoms with van der Waals surface area (Å²) in [6.45, 7) is 9.46. The lowest BCUT2D eigenvalue weighted by atomic mass is 9.97. The summed E-state index contributed by atoms with van der Waals surface area (Å²) < 4.78 is 41.5. The van der Waals surface area contributed by atoms with Crippen molar-refractivity contribution in [1.29, 1.82) is 0 Å². The number of carbonyl (C=O) groups is 1. The number of carbonyl (C=O) groups excluding carboxylic acids is 1. The van der Waals surface area contributed by atoms with Gasteiger partial charge < -0.3 is 25.0 Å². The zero-order chi connectivity index (χ0) is 23.4. The fourth-order valence-corrected chi connectivity index (χ4v) is 4.66. The van der Waals surface area contributed by atoms with Crippen LogP contribution in [0.25, 0.3) is 0 Å². The van der Waals surface area contributed by atoms with E-state index in [-0.39, 0.29) is 4.90 Å². The summed E-state index contributed by atoms with van der Waals surface area (Å²) in [5.74, 6) is -0.421. The minimum atomic E-state index is -4.08. The van der Waals surface area contributed by atoms with Crippen molar-refractivity contribution >= 4 is 24.1 Å². The van der Waals surface area contributed by atoms with E-state index >= 15 is 0 Å². The summed E-state index contributed by atoms with van der Waals surface area (Å²) >= 11 is 0. The molecule has 11 heteroatoms. The molecule has 1 aromatic carbocycles. The van der Waals surface area contributed by atoms with Gasteiger partial charge in [-0.1, -0.05) is 37.3 Å². The third kappa shape index (κ3) is 7.63. The molecular weight excluding hydrogens is 442 g/mol. The van der Waals surface area contributed by atoms with Crippen molar-refractivity contribution in [2.45, 2.75) is 75.1 Å². The normalized spacial score (nSPS) is 27.1. The van der Waals surface area contributed by atoms with Gasteiger partial charge in [0, 0.05) is 21.6 Å². The molecule has 1 amide bonds. The Hall–Kier alpha value is -1.34. The van der Waals surface area contributed by atoms with Crippen molar-refractivity contribution in [1.82, 2.24) is 5.32 Å². The largest absolute Gasteiger partial charge is 0.388 e. The average molecular weight is 476 g/mol. The van der Waals surface area contributed by atoms with Crippen LogP contribution in [0.1, 0.15) is 12.5 Å². The number of ether oxygens (including phenoxy) is 2. The van der Waals surface area contributed by atoms with Gasteiger partial charge in [0.1, 0.15) is 24.4 Å². The zero-order valence-electron chi connectivity index (χ0n) is 18.6. The highest BCUT2D eigenvalue weighted by molar-refractivity contribution is 7.86. The van der Waals surface area contributed by atoms with Crippen molar-refractivity contribution < 1.29 is 37.1 Å². The Balaban J connectivity index is 2.10. The molecule has 0 aliphatic carbocycles. The number of hydrogen-bond donors (Lipinski definition) is 3. The van der Waals surface area contributed by atoms with Gasteiger partial charge in [-0.15, -0.1) is 0 Å². The Labute approximate surface area is 184 Å². The van der Waals surface area contributed by atoms with Crippen molar-refractivity contribution in [2.24, 2.45) is 0 Å². The second kappa shape index (κ2) is 10.5. The number of aryl methyl sites for hydroxylation is 1. The maximum atomic E-state index is 12.4. The number of amides is 1. The number of rotatable bonds is 9. The van der Waals surface area contributed by atoms with E-state index in [9.17, 15) is 23.4 Å².